The van der Waals surface area contributed by atoms with Gasteiger partial charge in [-0.15, -0.1) is 12.4 Å². The fourth-order valence-corrected chi connectivity index (χ4v) is 3.78. The molecule has 6 heteroatoms. The number of nitrogens with one attached hydrogen (secondary N) is 1. The number of amides is 2. The molecule has 1 aromatic carbocycles. The molecule has 5 nitrogen and oxygen atoms in total. The zero-order chi connectivity index (χ0) is 17.3. The van der Waals surface area contributed by atoms with Gasteiger partial charge in [-0.05, 0) is 50.9 Å². The number of hydrogen-bond donors (Lipinski definition) is 1. The molecule has 25 heavy (non-hydrogen) atoms. The van der Waals surface area contributed by atoms with Gasteiger partial charge in [-0.2, -0.15) is 0 Å². The minimum absolute atomic E-state index is 0. The monoisotopic (exact) mass is 365 g/mol. The van der Waals surface area contributed by atoms with Crippen molar-refractivity contribution in [2.75, 3.05) is 31.6 Å². The van der Waals surface area contributed by atoms with Crippen LogP contribution in [-0.4, -0.2) is 49.4 Å². The van der Waals surface area contributed by atoms with Gasteiger partial charge < -0.3 is 15.1 Å². The Bertz CT molecular complexity index is 642. The van der Waals surface area contributed by atoms with E-state index in [1.807, 2.05) is 44.0 Å². The number of likely N-dealkylation sites (tertiary alicyclic amines) is 1. The Morgan fingerprint density at radius 2 is 1.88 bits per heavy atom. The third kappa shape index (κ3) is 3.98. The van der Waals surface area contributed by atoms with Crippen molar-refractivity contribution in [2.24, 2.45) is 5.92 Å². The highest BCUT2D eigenvalue weighted by Gasteiger charge is 2.38. The topological polar surface area (TPSA) is 52.7 Å². The van der Waals surface area contributed by atoms with Gasteiger partial charge in [-0.1, -0.05) is 12.1 Å². The molecule has 138 valence electrons. The Hall–Kier alpha value is -1.59. The first-order chi connectivity index (χ1) is 11.5. The third-order valence-corrected chi connectivity index (χ3v) is 5.56. The molecule has 0 spiro atoms. The van der Waals surface area contributed by atoms with Crippen molar-refractivity contribution in [3.05, 3.63) is 29.3 Å². The van der Waals surface area contributed by atoms with Crippen LogP contribution >= 0.6 is 12.4 Å². The van der Waals surface area contributed by atoms with E-state index < -0.39 is 0 Å². The first-order valence-electron chi connectivity index (χ1n) is 8.84. The quantitative estimate of drug-likeness (QED) is 0.894. The third-order valence-electron chi connectivity index (χ3n) is 5.56. The van der Waals surface area contributed by atoms with Crippen molar-refractivity contribution in [1.82, 2.24) is 10.2 Å². The lowest BCUT2D eigenvalue weighted by Crippen LogP contribution is -2.46. The molecule has 1 atom stereocenters. The molecule has 2 aliphatic rings. The van der Waals surface area contributed by atoms with Crippen molar-refractivity contribution in [1.29, 1.82) is 0 Å². The molecule has 1 aromatic rings. The molecule has 0 bridgehead atoms. The molecule has 0 aromatic heterocycles. The lowest BCUT2D eigenvalue weighted by molar-refractivity contribution is -0.136. The Labute approximate surface area is 156 Å². The van der Waals surface area contributed by atoms with Crippen molar-refractivity contribution in [3.63, 3.8) is 0 Å². The summed E-state index contributed by atoms with van der Waals surface area (Å²) in [4.78, 5) is 29.0. The van der Waals surface area contributed by atoms with Gasteiger partial charge in [0, 0.05) is 37.8 Å². The number of carbonyl (C=O) groups excluding carboxylic acids is 2. The molecule has 1 unspecified atom stereocenters. The molecular formula is C19H28ClN3O2. The summed E-state index contributed by atoms with van der Waals surface area (Å²) in [5.41, 5.74) is 3.24. The number of carbonyl (C=O) groups is 2. The van der Waals surface area contributed by atoms with Crippen LogP contribution in [0.3, 0.4) is 0 Å². The van der Waals surface area contributed by atoms with Crippen molar-refractivity contribution >= 4 is 29.9 Å². The van der Waals surface area contributed by atoms with Crippen LogP contribution in [0, 0.1) is 19.8 Å². The van der Waals surface area contributed by atoms with Gasteiger partial charge in [0.25, 0.3) is 0 Å². The van der Waals surface area contributed by atoms with E-state index in [1.54, 1.807) is 4.90 Å². The van der Waals surface area contributed by atoms with E-state index in [4.69, 9.17) is 0 Å². The van der Waals surface area contributed by atoms with Gasteiger partial charge >= 0.3 is 0 Å². The maximum atomic E-state index is 12.8. The molecule has 0 radical (unpaired) electrons. The lowest BCUT2D eigenvalue weighted by atomic mass is 10.0. The lowest BCUT2D eigenvalue weighted by Gasteiger charge is -2.33. The molecule has 2 heterocycles. The van der Waals surface area contributed by atoms with Crippen molar-refractivity contribution < 1.29 is 9.59 Å². The Morgan fingerprint density at radius 1 is 1.20 bits per heavy atom. The summed E-state index contributed by atoms with van der Waals surface area (Å²) in [6, 6.07) is 6.51. The summed E-state index contributed by atoms with van der Waals surface area (Å²) in [7, 11) is 1.97. The number of nitrogens with zero attached hydrogens (tertiary/aromatic N) is 2. The summed E-state index contributed by atoms with van der Waals surface area (Å²) in [6.45, 7) is 6.18. The Balaban J connectivity index is 0.00000225. The largest absolute Gasteiger partial charge is 0.342 e. The van der Waals surface area contributed by atoms with Gasteiger partial charge in [-0.3, -0.25) is 9.59 Å². The van der Waals surface area contributed by atoms with Crippen molar-refractivity contribution in [3.8, 4) is 0 Å². The highest BCUT2D eigenvalue weighted by atomic mass is 35.5. The SMILES string of the molecule is CNC1CCN(C(=O)C2CC(=O)N(c3cccc(C)c3C)C2)CC1.Cl. The van der Waals surface area contributed by atoms with E-state index in [-0.39, 0.29) is 30.1 Å². The highest BCUT2D eigenvalue weighted by molar-refractivity contribution is 6.00. The molecule has 3 rings (SSSR count). The standard InChI is InChI=1S/C19H27N3O2.ClH/c1-13-5-4-6-17(14(13)2)22-12-15(11-18(22)23)19(24)21-9-7-16(20-3)8-10-21;/h4-6,15-16,20H,7-12H2,1-3H3;1H. The van der Waals surface area contributed by atoms with Gasteiger partial charge in [-0.25, -0.2) is 0 Å². The molecule has 0 saturated carbocycles. The minimum atomic E-state index is -0.205. The molecule has 2 saturated heterocycles. The summed E-state index contributed by atoms with van der Waals surface area (Å²) in [5.74, 6) is 0.00131. The maximum absolute atomic E-state index is 12.8. The Morgan fingerprint density at radius 3 is 2.52 bits per heavy atom. The van der Waals surface area contributed by atoms with Gasteiger partial charge in [0.15, 0.2) is 0 Å². The predicted octanol–water partition coefficient (Wildman–Crippen LogP) is 2.29. The first kappa shape index (κ1) is 19.7. The fraction of sp³-hybridized carbons (Fsp3) is 0.579. The Kier molecular flexibility index (Phi) is 6.47. The molecule has 2 amide bonds. The van der Waals surface area contributed by atoms with E-state index >= 15 is 0 Å². The average molecular weight is 366 g/mol. The van der Waals surface area contributed by atoms with Crippen LogP contribution in [0.25, 0.3) is 0 Å². The molecule has 2 aliphatic heterocycles. The second kappa shape index (κ2) is 8.19. The van der Waals surface area contributed by atoms with E-state index in [1.165, 1.54) is 5.56 Å². The number of piperidine rings is 1. The molecular weight excluding hydrogens is 338 g/mol. The second-order valence-electron chi connectivity index (χ2n) is 7.01. The summed E-state index contributed by atoms with van der Waals surface area (Å²) >= 11 is 0. The zero-order valence-electron chi connectivity index (χ0n) is 15.2. The van der Waals surface area contributed by atoms with E-state index in [0.29, 0.717) is 19.0 Å². The minimum Gasteiger partial charge on any atom is -0.342 e. The summed E-state index contributed by atoms with van der Waals surface area (Å²) in [6.07, 6.45) is 2.31. The fourth-order valence-electron chi connectivity index (χ4n) is 3.78. The number of rotatable bonds is 3. The van der Waals surface area contributed by atoms with Gasteiger partial charge in [0.2, 0.25) is 11.8 Å². The van der Waals surface area contributed by atoms with Crippen LogP contribution in [0.2, 0.25) is 0 Å². The highest BCUT2D eigenvalue weighted by Crippen LogP contribution is 2.30. The van der Waals surface area contributed by atoms with Crippen LogP contribution in [0.1, 0.15) is 30.4 Å². The van der Waals surface area contributed by atoms with Crippen LogP contribution in [0.4, 0.5) is 5.69 Å². The average Bonchev–Trinajstić information content (AvgIpc) is 2.98. The molecule has 2 fully saturated rings. The smallest absolute Gasteiger partial charge is 0.228 e. The normalized spacial score (nSPS) is 21.4. The van der Waals surface area contributed by atoms with E-state index in [2.05, 4.69) is 5.32 Å². The van der Waals surface area contributed by atoms with E-state index in [0.717, 1.165) is 37.2 Å². The zero-order valence-corrected chi connectivity index (χ0v) is 16.1. The summed E-state index contributed by atoms with van der Waals surface area (Å²) < 4.78 is 0. The number of anilines is 1. The first-order valence-corrected chi connectivity index (χ1v) is 8.84. The van der Waals surface area contributed by atoms with Gasteiger partial charge in [0.05, 0.1) is 5.92 Å². The second-order valence-corrected chi connectivity index (χ2v) is 7.01. The maximum Gasteiger partial charge on any atom is 0.228 e. The van der Waals surface area contributed by atoms with Gasteiger partial charge in [0.1, 0.15) is 0 Å². The number of aryl methyl sites for hydroxylation is 1. The number of benzene rings is 1. The van der Waals surface area contributed by atoms with Crippen molar-refractivity contribution in [2.45, 2.75) is 39.2 Å². The van der Waals surface area contributed by atoms with Crippen LogP contribution in [0.5, 0.6) is 0 Å². The van der Waals surface area contributed by atoms with E-state index in [9.17, 15) is 9.59 Å². The van der Waals surface area contributed by atoms with Crippen LogP contribution in [-0.2, 0) is 9.59 Å². The number of hydrogen-bond acceptors (Lipinski definition) is 3. The molecule has 1 N–H and O–H groups in total. The molecule has 0 aliphatic carbocycles. The van der Waals surface area contributed by atoms with Crippen LogP contribution in [0.15, 0.2) is 18.2 Å². The summed E-state index contributed by atoms with van der Waals surface area (Å²) in [5, 5.41) is 3.28. The predicted molar refractivity (Wildman–Crippen MR) is 102 cm³/mol. The number of halogens is 1. The van der Waals surface area contributed by atoms with Crippen LogP contribution < -0.4 is 10.2 Å².